The molecule has 2 aromatic rings. The molecule has 1 fully saturated rings. The predicted molar refractivity (Wildman–Crippen MR) is 80.7 cm³/mol. The number of aliphatic hydroxyl groups is 2. The Kier molecular flexibility index (Phi) is 4.10. The number of tetrazole rings is 1. The number of likely N-dealkylation sites (tertiary alicyclic amines) is 1. The molecular weight excluding hydrogens is 298 g/mol. The van der Waals surface area contributed by atoms with E-state index in [1.54, 1.807) is 11.8 Å². The molecule has 1 aliphatic rings. The number of piperidine rings is 1. The maximum Gasteiger partial charge on any atom is 0.227 e. The number of aliphatic hydroxyl groups excluding tert-OH is 1. The van der Waals surface area contributed by atoms with Crippen LogP contribution in [-0.2, 0) is 11.2 Å². The van der Waals surface area contributed by atoms with E-state index in [9.17, 15) is 15.0 Å². The maximum atomic E-state index is 12.3. The van der Waals surface area contributed by atoms with Crippen LogP contribution in [0, 0.1) is 0 Å². The molecule has 8 heteroatoms. The van der Waals surface area contributed by atoms with Crippen LogP contribution in [0.5, 0.6) is 0 Å². The van der Waals surface area contributed by atoms with Gasteiger partial charge in [-0.25, -0.2) is 4.68 Å². The molecule has 1 amide bonds. The summed E-state index contributed by atoms with van der Waals surface area (Å²) < 4.78 is 1.54. The molecule has 8 nitrogen and oxygen atoms in total. The zero-order valence-corrected chi connectivity index (χ0v) is 12.8. The SMILES string of the molecule is C[C@@]1(O)CCN(C(=O)Cc2ccc(-n3cnnn3)cc2)C[C@H]1O. The summed E-state index contributed by atoms with van der Waals surface area (Å²) in [6.45, 7) is 2.21. The van der Waals surface area contributed by atoms with Crippen molar-refractivity contribution in [3.8, 4) is 5.69 Å². The largest absolute Gasteiger partial charge is 0.388 e. The lowest BCUT2D eigenvalue weighted by atomic mass is 9.90. The van der Waals surface area contributed by atoms with Crippen LogP contribution in [0.4, 0.5) is 0 Å². The second-order valence-corrected chi connectivity index (χ2v) is 6.06. The van der Waals surface area contributed by atoms with Gasteiger partial charge in [0.15, 0.2) is 0 Å². The Labute approximate surface area is 133 Å². The number of carbonyl (C=O) groups is 1. The summed E-state index contributed by atoms with van der Waals surface area (Å²) in [5.41, 5.74) is 0.568. The van der Waals surface area contributed by atoms with Crippen molar-refractivity contribution in [3.63, 3.8) is 0 Å². The molecule has 1 aliphatic heterocycles. The number of rotatable bonds is 3. The molecule has 2 atom stereocenters. The molecule has 23 heavy (non-hydrogen) atoms. The van der Waals surface area contributed by atoms with Crippen molar-refractivity contribution in [1.29, 1.82) is 0 Å². The smallest absolute Gasteiger partial charge is 0.227 e. The minimum atomic E-state index is -1.12. The van der Waals surface area contributed by atoms with Gasteiger partial charge in [-0.05, 0) is 41.5 Å². The average Bonchev–Trinajstić information content (AvgIpc) is 3.05. The first-order valence-corrected chi connectivity index (χ1v) is 7.46. The van der Waals surface area contributed by atoms with Gasteiger partial charge in [0, 0.05) is 13.1 Å². The van der Waals surface area contributed by atoms with Gasteiger partial charge in [-0.1, -0.05) is 12.1 Å². The van der Waals surface area contributed by atoms with Gasteiger partial charge in [0.05, 0.1) is 23.8 Å². The van der Waals surface area contributed by atoms with Crippen LogP contribution >= 0.6 is 0 Å². The van der Waals surface area contributed by atoms with Crippen LogP contribution in [0.25, 0.3) is 5.69 Å². The van der Waals surface area contributed by atoms with Crippen LogP contribution < -0.4 is 0 Å². The molecule has 0 spiro atoms. The molecule has 3 rings (SSSR count). The van der Waals surface area contributed by atoms with Crippen molar-refractivity contribution in [1.82, 2.24) is 25.1 Å². The maximum absolute atomic E-state index is 12.3. The molecule has 1 saturated heterocycles. The first-order valence-electron chi connectivity index (χ1n) is 7.46. The number of hydrogen-bond acceptors (Lipinski definition) is 6. The van der Waals surface area contributed by atoms with E-state index in [2.05, 4.69) is 15.5 Å². The highest BCUT2D eigenvalue weighted by Crippen LogP contribution is 2.22. The number of nitrogens with zero attached hydrogens (tertiary/aromatic N) is 5. The number of benzene rings is 1. The highest BCUT2D eigenvalue weighted by molar-refractivity contribution is 5.79. The van der Waals surface area contributed by atoms with Gasteiger partial charge >= 0.3 is 0 Å². The Morgan fingerprint density at radius 2 is 2.13 bits per heavy atom. The third-order valence-corrected chi connectivity index (χ3v) is 4.26. The van der Waals surface area contributed by atoms with E-state index in [1.165, 1.54) is 11.0 Å². The van der Waals surface area contributed by atoms with Crippen molar-refractivity contribution in [2.45, 2.75) is 31.5 Å². The molecule has 2 N–H and O–H groups in total. The monoisotopic (exact) mass is 317 g/mol. The molecule has 0 aliphatic carbocycles. The normalized spacial score (nSPS) is 24.7. The van der Waals surface area contributed by atoms with Crippen LogP contribution in [-0.4, -0.2) is 66.0 Å². The summed E-state index contributed by atoms with van der Waals surface area (Å²) in [7, 11) is 0. The summed E-state index contributed by atoms with van der Waals surface area (Å²) in [5.74, 6) is -0.0604. The number of hydrogen-bond donors (Lipinski definition) is 2. The van der Waals surface area contributed by atoms with Gasteiger partial charge in [0.2, 0.25) is 5.91 Å². The topological polar surface area (TPSA) is 104 Å². The van der Waals surface area contributed by atoms with Crippen LogP contribution in [0.3, 0.4) is 0 Å². The molecule has 2 heterocycles. The summed E-state index contributed by atoms with van der Waals surface area (Å²) >= 11 is 0. The summed E-state index contributed by atoms with van der Waals surface area (Å²) in [5, 5.41) is 30.8. The van der Waals surface area contributed by atoms with Crippen LogP contribution in [0.15, 0.2) is 30.6 Å². The fourth-order valence-electron chi connectivity index (χ4n) is 2.58. The summed E-state index contributed by atoms with van der Waals surface area (Å²) in [6.07, 6.45) is 1.21. The fourth-order valence-corrected chi connectivity index (χ4v) is 2.58. The molecule has 0 unspecified atom stereocenters. The van der Waals surface area contributed by atoms with Crippen molar-refractivity contribution >= 4 is 5.91 Å². The van der Waals surface area contributed by atoms with E-state index < -0.39 is 11.7 Å². The van der Waals surface area contributed by atoms with E-state index in [4.69, 9.17) is 0 Å². The minimum absolute atomic E-state index is 0.0604. The lowest BCUT2D eigenvalue weighted by Crippen LogP contribution is -2.55. The van der Waals surface area contributed by atoms with Crippen LogP contribution in [0.1, 0.15) is 18.9 Å². The summed E-state index contributed by atoms with van der Waals surface area (Å²) in [6, 6.07) is 7.39. The average molecular weight is 317 g/mol. The molecule has 1 aromatic heterocycles. The molecular formula is C15H19N5O3. The van der Waals surface area contributed by atoms with Gasteiger partial charge in [0.25, 0.3) is 0 Å². The second-order valence-electron chi connectivity index (χ2n) is 6.06. The summed E-state index contributed by atoms with van der Waals surface area (Å²) in [4.78, 5) is 13.9. The van der Waals surface area contributed by atoms with Crippen molar-refractivity contribution in [3.05, 3.63) is 36.2 Å². The Hall–Kier alpha value is -2.32. The predicted octanol–water partition coefficient (Wildman–Crippen LogP) is -0.451. The molecule has 0 radical (unpaired) electrons. The first kappa shape index (κ1) is 15.6. The van der Waals surface area contributed by atoms with E-state index >= 15 is 0 Å². The van der Waals surface area contributed by atoms with Crippen molar-refractivity contribution in [2.24, 2.45) is 0 Å². The second kappa shape index (κ2) is 6.05. The van der Waals surface area contributed by atoms with Gasteiger partial charge in [0.1, 0.15) is 6.33 Å². The number of amides is 1. The van der Waals surface area contributed by atoms with E-state index in [1.807, 2.05) is 24.3 Å². The molecule has 0 saturated carbocycles. The first-order chi connectivity index (χ1) is 11.0. The molecule has 122 valence electrons. The van der Waals surface area contributed by atoms with Gasteiger partial charge in [-0.3, -0.25) is 4.79 Å². The van der Waals surface area contributed by atoms with E-state index in [0.717, 1.165) is 11.3 Å². The van der Waals surface area contributed by atoms with Gasteiger partial charge in [-0.2, -0.15) is 0 Å². The van der Waals surface area contributed by atoms with Gasteiger partial charge in [-0.15, -0.1) is 5.10 Å². The third kappa shape index (κ3) is 3.38. The Morgan fingerprint density at radius 3 is 2.74 bits per heavy atom. The van der Waals surface area contributed by atoms with Crippen molar-refractivity contribution in [2.75, 3.05) is 13.1 Å². The highest BCUT2D eigenvalue weighted by Gasteiger charge is 2.37. The number of β-amino-alcohol motifs (C(OH)–C–C–N with tert-alkyl or cyclic N) is 1. The lowest BCUT2D eigenvalue weighted by Gasteiger charge is -2.40. The number of carbonyl (C=O) groups excluding carboxylic acids is 1. The Bertz CT molecular complexity index is 669. The van der Waals surface area contributed by atoms with Crippen LogP contribution in [0.2, 0.25) is 0 Å². The lowest BCUT2D eigenvalue weighted by molar-refractivity contribution is -0.145. The quantitative estimate of drug-likeness (QED) is 0.794. The number of aromatic nitrogens is 4. The molecule has 1 aromatic carbocycles. The van der Waals surface area contributed by atoms with E-state index in [-0.39, 0.29) is 18.9 Å². The van der Waals surface area contributed by atoms with E-state index in [0.29, 0.717) is 13.0 Å². The third-order valence-electron chi connectivity index (χ3n) is 4.26. The molecule has 0 bridgehead atoms. The standard InChI is InChI=1S/C15H19N5O3/c1-15(23)6-7-19(9-13(15)21)14(22)8-11-2-4-12(5-3-11)20-10-16-17-18-20/h2-5,10,13,21,23H,6-9H2,1H3/t13-,15-/m1/s1. The zero-order chi connectivity index (χ0) is 16.4. The minimum Gasteiger partial charge on any atom is -0.388 e. The Balaban J connectivity index is 1.62. The fraction of sp³-hybridized carbons (Fsp3) is 0.467. The van der Waals surface area contributed by atoms with Gasteiger partial charge < -0.3 is 15.1 Å². The zero-order valence-electron chi connectivity index (χ0n) is 12.8. The Morgan fingerprint density at radius 1 is 1.39 bits per heavy atom. The van der Waals surface area contributed by atoms with Crippen molar-refractivity contribution < 1.29 is 15.0 Å². The highest BCUT2D eigenvalue weighted by atomic mass is 16.3.